The third-order valence-corrected chi connectivity index (χ3v) is 7.30. The number of carboxylic acid groups (broad SMARTS) is 1. The van der Waals surface area contributed by atoms with E-state index >= 15 is 0 Å². The number of carboxylic acids is 1. The number of aliphatic hydroxyl groups is 3. The second kappa shape index (κ2) is 17.1. The van der Waals surface area contributed by atoms with Gasteiger partial charge in [-0.15, -0.1) is 0 Å². The van der Waals surface area contributed by atoms with Gasteiger partial charge in [0.05, 0.1) is 18.8 Å². The Kier molecular flexibility index (Phi) is 13.9. The molecule has 0 radical (unpaired) electrons. The number of hydrogen-bond acceptors (Lipinski definition) is 14. The Hall–Kier alpha value is -2.77. The number of hydrogen-bond donors (Lipinski definition) is 7. The van der Waals surface area contributed by atoms with E-state index in [4.69, 9.17) is 33.2 Å². The highest BCUT2D eigenvalue weighted by atomic mass is 16.7. The minimum atomic E-state index is -1.71. The average Bonchev–Trinajstić information content (AvgIpc) is 3.80. The first-order valence-corrected chi connectivity index (χ1v) is 14.5. The zero-order chi connectivity index (χ0) is 32.4. The van der Waals surface area contributed by atoms with Crippen LogP contribution in [0.5, 0.6) is 0 Å². The highest BCUT2D eigenvalue weighted by molar-refractivity contribution is 5.73. The monoisotopic (exact) mass is 635 g/mol. The number of ether oxygens (including phenoxy) is 7. The SMILES string of the molecule is C=C(C)N[C@@H]1[C@H](C)O[C@@H](COC(=O)NCCCCCNC(=O)OCC2CO2)C(O)[C@H]1O[C@H]1O[C@@H](C(=O)O)C(OC)[C@H](O)[C@@H]1O. The third-order valence-electron chi connectivity index (χ3n) is 7.30. The Morgan fingerprint density at radius 1 is 0.909 bits per heavy atom. The fourth-order valence-corrected chi connectivity index (χ4v) is 4.89. The van der Waals surface area contributed by atoms with Crippen LogP contribution in [0.4, 0.5) is 9.59 Å². The summed E-state index contributed by atoms with van der Waals surface area (Å²) in [5.74, 6) is -1.44. The van der Waals surface area contributed by atoms with Crippen molar-refractivity contribution in [3.8, 4) is 0 Å². The lowest BCUT2D eigenvalue weighted by Gasteiger charge is -2.47. The van der Waals surface area contributed by atoms with Crippen LogP contribution in [0.1, 0.15) is 33.1 Å². The van der Waals surface area contributed by atoms with E-state index < -0.39 is 79.3 Å². The fraction of sp³-hybridized carbons (Fsp3) is 0.815. The van der Waals surface area contributed by atoms with Gasteiger partial charge >= 0.3 is 18.2 Å². The molecule has 2 amide bonds. The predicted octanol–water partition coefficient (Wildman–Crippen LogP) is -1.42. The van der Waals surface area contributed by atoms with Gasteiger partial charge in [0.2, 0.25) is 0 Å². The van der Waals surface area contributed by atoms with Crippen LogP contribution in [0.15, 0.2) is 12.3 Å². The van der Waals surface area contributed by atoms with E-state index in [0.29, 0.717) is 38.2 Å². The molecule has 3 saturated heterocycles. The number of carbonyl (C=O) groups is 3. The summed E-state index contributed by atoms with van der Waals surface area (Å²) in [5.41, 5.74) is 0.507. The molecule has 3 rings (SSSR count). The molecule has 44 heavy (non-hydrogen) atoms. The van der Waals surface area contributed by atoms with Gasteiger partial charge in [0, 0.05) is 25.9 Å². The summed E-state index contributed by atoms with van der Waals surface area (Å²) < 4.78 is 37.4. The van der Waals surface area contributed by atoms with Crippen LogP contribution in [0, 0.1) is 0 Å². The van der Waals surface area contributed by atoms with Crippen molar-refractivity contribution < 1.29 is 68.0 Å². The Balaban J connectivity index is 1.47. The molecule has 3 aliphatic heterocycles. The molecular weight excluding hydrogens is 590 g/mol. The normalized spacial score (nSPS) is 34.8. The molecule has 11 atom stereocenters. The minimum absolute atomic E-state index is 0.00608. The summed E-state index contributed by atoms with van der Waals surface area (Å²) in [5, 5.41) is 50.1. The molecule has 7 N–H and O–H groups in total. The summed E-state index contributed by atoms with van der Waals surface area (Å²) in [6.07, 6.45) is -11.6. The number of aliphatic carboxylic acids is 1. The van der Waals surface area contributed by atoms with E-state index in [9.17, 15) is 34.8 Å². The molecule has 0 saturated carbocycles. The summed E-state index contributed by atoms with van der Waals surface area (Å²) in [6, 6.07) is -0.743. The van der Waals surface area contributed by atoms with E-state index in [1.54, 1.807) is 13.8 Å². The van der Waals surface area contributed by atoms with E-state index in [1.165, 1.54) is 7.11 Å². The summed E-state index contributed by atoms with van der Waals surface area (Å²) >= 11 is 0. The van der Waals surface area contributed by atoms with Crippen molar-refractivity contribution >= 4 is 18.2 Å². The average molecular weight is 636 g/mol. The number of allylic oxidation sites excluding steroid dienone is 1. The van der Waals surface area contributed by atoms with E-state index in [1.807, 2.05) is 0 Å². The Morgan fingerprint density at radius 2 is 1.52 bits per heavy atom. The Bertz CT molecular complexity index is 968. The molecule has 3 aliphatic rings. The van der Waals surface area contributed by atoms with Crippen LogP contribution in [0.2, 0.25) is 0 Å². The topological polar surface area (TPSA) is 236 Å². The molecule has 17 heteroatoms. The number of carbonyl (C=O) groups excluding carboxylic acids is 2. The number of nitrogens with one attached hydrogen (secondary N) is 3. The maximum absolute atomic E-state index is 12.3. The molecule has 0 aromatic heterocycles. The number of methoxy groups -OCH3 is 1. The molecule has 3 unspecified atom stereocenters. The zero-order valence-corrected chi connectivity index (χ0v) is 25.1. The first-order chi connectivity index (χ1) is 20.9. The van der Waals surface area contributed by atoms with Gasteiger partial charge in [-0.2, -0.15) is 0 Å². The number of amides is 2. The molecule has 0 aromatic rings. The van der Waals surface area contributed by atoms with Gasteiger partial charge in [0.25, 0.3) is 0 Å². The molecule has 17 nitrogen and oxygen atoms in total. The number of rotatable bonds is 16. The molecular formula is C27H45N3O14. The number of epoxide rings is 1. The van der Waals surface area contributed by atoms with Gasteiger partial charge < -0.3 is 69.5 Å². The number of alkyl carbamates (subject to hydrolysis) is 2. The van der Waals surface area contributed by atoms with Gasteiger partial charge in [-0.3, -0.25) is 0 Å². The molecule has 3 fully saturated rings. The van der Waals surface area contributed by atoms with Crippen molar-refractivity contribution in [1.29, 1.82) is 0 Å². The smallest absolute Gasteiger partial charge is 0.407 e. The highest BCUT2D eigenvalue weighted by Crippen LogP contribution is 2.30. The van der Waals surface area contributed by atoms with Crippen molar-refractivity contribution in [2.45, 2.75) is 100 Å². The Labute approximate surface area is 255 Å². The minimum Gasteiger partial charge on any atom is -0.479 e. The number of aliphatic hydroxyl groups excluding tert-OH is 3. The first kappa shape index (κ1) is 35.7. The number of unbranched alkanes of at least 4 members (excludes halogenated alkanes) is 2. The van der Waals surface area contributed by atoms with Gasteiger partial charge in [0.1, 0.15) is 55.9 Å². The van der Waals surface area contributed by atoms with Crippen molar-refractivity contribution in [2.24, 2.45) is 0 Å². The fourth-order valence-electron chi connectivity index (χ4n) is 4.89. The van der Waals surface area contributed by atoms with Crippen LogP contribution in [0.25, 0.3) is 0 Å². The van der Waals surface area contributed by atoms with Crippen molar-refractivity contribution in [1.82, 2.24) is 16.0 Å². The molecule has 0 bridgehead atoms. The lowest BCUT2D eigenvalue weighted by molar-refractivity contribution is -0.327. The van der Waals surface area contributed by atoms with Gasteiger partial charge in [-0.05, 0) is 33.1 Å². The highest BCUT2D eigenvalue weighted by Gasteiger charge is 2.52. The maximum Gasteiger partial charge on any atom is 0.407 e. The summed E-state index contributed by atoms with van der Waals surface area (Å²) in [7, 11) is 1.17. The molecule has 3 heterocycles. The lowest BCUT2D eigenvalue weighted by Crippen LogP contribution is -2.67. The zero-order valence-electron chi connectivity index (χ0n) is 25.1. The second-order valence-corrected chi connectivity index (χ2v) is 10.9. The molecule has 252 valence electrons. The van der Waals surface area contributed by atoms with Gasteiger partial charge in [-0.25, -0.2) is 14.4 Å². The largest absolute Gasteiger partial charge is 0.479 e. The van der Waals surface area contributed by atoms with E-state index in [0.717, 1.165) is 6.42 Å². The molecule has 0 aromatic carbocycles. The van der Waals surface area contributed by atoms with Crippen LogP contribution in [-0.2, 0) is 38.0 Å². The Morgan fingerprint density at radius 3 is 2.07 bits per heavy atom. The summed E-state index contributed by atoms with van der Waals surface area (Å²) in [4.78, 5) is 35.5. The van der Waals surface area contributed by atoms with Crippen molar-refractivity contribution in [3.05, 3.63) is 12.3 Å². The first-order valence-electron chi connectivity index (χ1n) is 14.5. The van der Waals surface area contributed by atoms with Gasteiger partial charge in [-0.1, -0.05) is 6.58 Å². The standard InChI is InChI=1S/C27H45N3O14/c1-13(2)30-17-14(3)42-16(12-41-27(37)29-9-7-5-6-8-28-26(36)40-11-15-10-39-15)18(31)21(17)43-25-20(33)19(32)22(38-4)23(44-25)24(34)35/h14-23,25,30-33H,1,5-12H2,2-4H3,(H,28,36)(H,29,37)(H,34,35)/t14-,15?,16-,17+,18?,19+,20-,21-,22?,23+,25-/m0/s1. The van der Waals surface area contributed by atoms with Crippen molar-refractivity contribution in [3.63, 3.8) is 0 Å². The quantitative estimate of drug-likeness (QED) is 0.0761. The molecule has 0 aliphatic carbocycles. The van der Waals surface area contributed by atoms with Crippen LogP contribution < -0.4 is 16.0 Å². The van der Waals surface area contributed by atoms with E-state index in [2.05, 4.69) is 22.5 Å². The van der Waals surface area contributed by atoms with Crippen molar-refractivity contribution in [2.75, 3.05) is 40.0 Å². The van der Waals surface area contributed by atoms with Crippen LogP contribution in [0.3, 0.4) is 0 Å². The lowest BCUT2D eigenvalue weighted by atomic mass is 9.92. The van der Waals surface area contributed by atoms with Crippen LogP contribution in [-0.4, -0.2) is 146 Å². The third kappa shape index (κ3) is 10.4. The second-order valence-electron chi connectivity index (χ2n) is 10.9. The van der Waals surface area contributed by atoms with Crippen LogP contribution >= 0.6 is 0 Å². The molecule has 0 spiro atoms. The van der Waals surface area contributed by atoms with E-state index in [-0.39, 0.29) is 19.3 Å². The predicted molar refractivity (Wildman–Crippen MR) is 148 cm³/mol. The van der Waals surface area contributed by atoms with Gasteiger partial charge in [0.15, 0.2) is 12.4 Å². The summed E-state index contributed by atoms with van der Waals surface area (Å²) in [6.45, 7) is 8.40. The maximum atomic E-state index is 12.3.